The first-order valence-electron chi connectivity index (χ1n) is 5.51. The van der Waals surface area contributed by atoms with Gasteiger partial charge in [-0.15, -0.1) is 5.10 Å². The summed E-state index contributed by atoms with van der Waals surface area (Å²) in [5.74, 6) is -1.12. The Hall–Kier alpha value is -2.38. The van der Waals surface area contributed by atoms with Crippen molar-refractivity contribution in [3.8, 4) is 0 Å². The van der Waals surface area contributed by atoms with Crippen molar-refractivity contribution in [1.82, 2.24) is 24.1 Å². The van der Waals surface area contributed by atoms with Gasteiger partial charge in [0.05, 0.1) is 12.7 Å². The number of carboxylic acid groups (broad SMARTS) is 1. The molecule has 0 aliphatic carbocycles. The highest BCUT2D eigenvalue weighted by Gasteiger charge is 2.08. The van der Waals surface area contributed by atoms with Gasteiger partial charge in [-0.05, 0) is 6.92 Å². The van der Waals surface area contributed by atoms with Crippen LogP contribution < -0.4 is 5.69 Å². The highest BCUT2D eigenvalue weighted by Crippen LogP contribution is 1.94. The topological polar surface area (TPSA) is 94.9 Å². The number of aryl methyl sites for hydroxylation is 3. The lowest BCUT2D eigenvalue weighted by atomic mass is 10.5. The van der Waals surface area contributed by atoms with Crippen molar-refractivity contribution in [3.05, 3.63) is 34.8 Å². The van der Waals surface area contributed by atoms with Crippen LogP contribution in [0.15, 0.2) is 23.4 Å². The summed E-state index contributed by atoms with van der Waals surface area (Å²) in [5, 5.41) is 15.9. The Morgan fingerprint density at radius 3 is 2.61 bits per heavy atom. The Morgan fingerprint density at radius 2 is 2.06 bits per heavy atom. The van der Waals surface area contributed by atoms with E-state index in [1.54, 1.807) is 21.5 Å². The molecule has 2 heterocycles. The van der Waals surface area contributed by atoms with Gasteiger partial charge in [0.1, 0.15) is 0 Å². The van der Waals surface area contributed by atoms with Crippen molar-refractivity contribution in [2.75, 3.05) is 0 Å². The largest absolute Gasteiger partial charge is 0.476 e. The normalized spacial score (nSPS) is 10.7. The summed E-state index contributed by atoms with van der Waals surface area (Å²) in [7, 11) is 0. The highest BCUT2D eigenvalue weighted by molar-refractivity contribution is 5.84. The van der Waals surface area contributed by atoms with Gasteiger partial charge in [0.15, 0.2) is 5.69 Å². The number of hydrogen-bond donors (Lipinski definition) is 1. The number of carboxylic acids is 1. The zero-order valence-electron chi connectivity index (χ0n) is 9.85. The third-order valence-electron chi connectivity index (χ3n) is 2.59. The molecule has 0 radical (unpaired) electrons. The average molecular weight is 251 g/mol. The van der Waals surface area contributed by atoms with Crippen molar-refractivity contribution < 1.29 is 9.90 Å². The van der Waals surface area contributed by atoms with Crippen LogP contribution in [0.4, 0.5) is 0 Å². The van der Waals surface area contributed by atoms with Crippen LogP contribution in [0.1, 0.15) is 17.4 Å². The summed E-state index contributed by atoms with van der Waals surface area (Å²) in [5.41, 5.74) is -0.190. The van der Waals surface area contributed by atoms with Gasteiger partial charge >= 0.3 is 11.7 Å². The fourth-order valence-electron chi connectivity index (χ4n) is 1.58. The van der Waals surface area contributed by atoms with E-state index in [1.165, 1.54) is 10.9 Å². The molecule has 0 aliphatic rings. The van der Waals surface area contributed by atoms with Gasteiger partial charge in [0, 0.05) is 25.5 Å². The van der Waals surface area contributed by atoms with Gasteiger partial charge in [-0.2, -0.15) is 0 Å². The van der Waals surface area contributed by atoms with E-state index in [0.29, 0.717) is 19.6 Å². The Morgan fingerprint density at radius 1 is 1.33 bits per heavy atom. The molecular formula is C10H13N5O3. The fourth-order valence-corrected chi connectivity index (χ4v) is 1.58. The lowest BCUT2D eigenvalue weighted by Gasteiger charge is -2.00. The molecule has 0 saturated heterocycles. The van der Waals surface area contributed by atoms with Gasteiger partial charge < -0.3 is 5.11 Å². The van der Waals surface area contributed by atoms with Crippen molar-refractivity contribution in [2.45, 2.75) is 26.6 Å². The maximum atomic E-state index is 11.7. The summed E-state index contributed by atoms with van der Waals surface area (Å²) in [4.78, 5) is 22.3. The van der Waals surface area contributed by atoms with E-state index < -0.39 is 5.97 Å². The Kier molecular flexibility index (Phi) is 3.26. The SMILES string of the molecule is CCn1ccn(CCn2cc(C(=O)O)nn2)c1=O. The lowest BCUT2D eigenvalue weighted by molar-refractivity contribution is 0.0690. The molecule has 0 aromatic carbocycles. The van der Waals surface area contributed by atoms with Crippen LogP contribution in [0.3, 0.4) is 0 Å². The molecule has 2 aromatic heterocycles. The van der Waals surface area contributed by atoms with Crippen LogP contribution in [0, 0.1) is 0 Å². The zero-order chi connectivity index (χ0) is 13.1. The van der Waals surface area contributed by atoms with Crippen LogP contribution in [-0.2, 0) is 19.6 Å². The maximum absolute atomic E-state index is 11.7. The Balaban J connectivity index is 2.04. The number of imidazole rings is 1. The Labute approximate surface area is 102 Å². The second-order valence-electron chi connectivity index (χ2n) is 3.73. The van der Waals surface area contributed by atoms with E-state index in [-0.39, 0.29) is 11.4 Å². The molecule has 0 aliphatic heterocycles. The van der Waals surface area contributed by atoms with E-state index in [4.69, 9.17) is 5.11 Å². The number of rotatable bonds is 5. The molecule has 18 heavy (non-hydrogen) atoms. The highest BCUT2D eigenvalue weighted by atomic mass is 16.4. The molecule has 0 amide bonds. The molecule has 96 valence electrons. The van der Waals surface area contributed by atoms with Crippen LogP contribution in [0.2, 0.25) is 0 Å². The van der Waals surface area contributed by atoms with Crippen LogP contribution in [0.25, 0.3) is 0 Å². The number of carbonyl (C=O) groups is 1. The minimum absolute atomic E-state index is 0.0870. The number of hydrogen-bond acceptors (Lipinski definition) is 4. The predicted octanol–water partition coefficient (Wildman–Crippen LogP) is -0.340. The molecule has 2 rings (SSSR count). The minimum atomic E-state index is -1.12. The molecule has 0 saturated carbocycles. The first kappa shape index (κ1) is 12.1. The van der Waals surface area contributed by atoms with E-state index in [0.717, 1.165) is 0 Å². The molecule has 0 spiro atoms. The first-order chi connectivity index (χ1) is 8.61. The third-order valence-corrected chi connectivity index (χ3v) is 2.59. The van der Waals surface area contributed by atoms with Gasteiger partial charge in [-0.1, -0.05) is 5.21 Å². The molecular weight excluding hydrogens is 238 g/mol. The Bertz CT molecular complexity index is 609. The molecule has 2 aromatic rings. The lowest BCUT2D eigenvalue weighted by Crippen LogP contribution is -2.25. The predicted molar refractivity (Wildman–Crippen MR) is 61.3 cm³/mol. The average Bonchev–Trinajstić information content (AvgIpc) is 2.93. The monoisotopic (exact) mass is 251 g/mol. The molecule has 1 N–H and O–H groups in total. The van der Waals surface area contributed by atoms with Crippen molar-refractivity contribution in [3.63, 3.8) is 0 Å². The van der Waals surface area contributed by atoms with Gasteiger partial charge in [-0.25, -0.2) is 14.3 Å². The van der Waals surface area contributed by atoms with Crippen molar-refractivity contribution in [2.24, 2.45) is 0 Å². The molecule has 0 fully saturated rings. The smallest absolute Gasteiger partial charge is 0.358 e. The van der Waals surface area contributed by atoms with E-state index in [9.17, 15) is 9.59 Å². The van der Waals surface area contributed by atoms with E-state index >= 15 is 0 Å². The molecule has 0 unspecified atom stereocenters. The van der Waals surface area contributed by atoms with Crippen LogP contribution in [-0.4, -0.2) is 35.2 Å². The second kappa shape index (κ2) is 4.86. The summed E-state index contributed by atoms with van der Waals surface area (Å²) in [6.45, 7) is 3.34. The fraction of sp³-hybridized carbons (Fsp3) is 0.400. The number of aromatic nitrogens is 5. The molecule has 8 heteroatoms. The van der Waals surface area contributed by atoms with Crippen molar-refractivity contribution >= 4 is 5.97 Å². The van der Waals surface area contributed by atoms with Gasteiger partial charge in [-0.3, -0.25) is 9.13 Å². The van der Waals surface area contributed by atoms with Gasteiger partial charge in [0.2, 0.25) is 0 Å². The van der Waals surface area contributed by atoms with E-state index in [1.807, 2.05) is 6.92 Å². The second-order valence-corrected chi connectivity index (χ2v) is 3.73. The standard InChI is InChI=1S/C10H13N5O3/c1-2-13-3-4-14(10(13)18)5-6-15-7-8(9(16)17)11-12-15/h3-4,7H,2,5-6H2,1H3,(H,16,17). The number of aromatic carboxylic acids is 1. The van der Waals surface area contributed by atoms with Crippen LogP contribution >= 0.6 is 0 Å². The first-order valence-corrected chi connectivity index (χ1v) is 5.51. The van der Waals surface area contributed by atoms with Crippen molar-refractivity contribution in [1.29, 1.82) is 0 Å². The quantitative estimate of drug-likeness (QED) is 0.784. The molecule has 0 atom stereocenters. The summed E-state index contributed by atoms with van der Waals surface area (Å²) < 4.78 is 4.54. The summed E-state index contributed by atoms with van der Waals surface area (Å²) in [6, 6.07) is 0. The van der Waals surface area contributed by atoms with E-state index in [2.05, 4.69) is 10.3 Å². The minimum Gasteiger partial charge on any atom is -0.476 e. The van der Waals surface area contributed by atoms with Gasteiger partial charge in [0.25, 0.3) is 0 Å². The molecule has 0 bridgehead atoms. The summed E-state index contributed by atoms with van der Waals surface area (Å²) >= 11 is 0. The third kappa shape index (κ3) is 2.31. The summed E-state index contributed by atoms with van der Waals surface area (Å²) in [6.07, 6.45) is 4.75. The maximum Gasteiger partial charge on any atom is 0.358 e. The number of nitrogens with zero attached hydrogens (tertiary/aromatic N) is 5. The zero-order valence-corrected chi connectivity index (χ0v) is 9.85. The van der Waals surface area contributed by atoms with Crippen LogP contribution in [0.5, 0.6) is 0 Å². The molecule has 8 nitrogen and oxygen atoms in total.